The number of hydrogen-bond donors (Lipinski definition) is 2. The Labute approximate surface area is 92.5 Å². The summed E-state index contributed by atoms with van der Waals surface area (Å²) in [5, 5.41) is 0. The van der Waals surface area contributed by atoms with Crippen molar-refractivity contribution < 1.29 is 9.47 Å². The number of ether oxygens (including phenoxy) is 2. The summed E-state index contributed by atoms with van der Waals surface area (Å²) >= 11 is 0. The highest BCUT2D eigenvalue weighted by Gasteiger charge is 2.18. The molecule has 15 heavy (non-hydrogen) atoms. The van der Waals surface area contributed by atoms with Crippen LogP contribution in [-0.2, 0) is 9.47 Å². The molecule has 1 heterocycles. The van der Waals surface area contributed by atoms with Crippen molar-refractivity contribution in [3.05, 3.63) is 0 Å². The minimum atomic E-state index is 0.291. The van der Waals surface area contributed by atoms with E-state index in [4.69, 9.17) is 15.3 Å². The fraction of sp³-hybridized carbons (Fsp3) is 1.00. The monoisotopic (exact) mass is 216 g/mol. The van der Waals surface area contributed by atoms with Gasteiger partial charge in [0.25, 0.3) is 0 Å². The fourth-order valence-electron chi connectivity index (χ4n) is 1.94. The van der Waals surface area contributed by atoms with Crippen molar-refractivity contribution in [2.75, 3.05) is 26.4 Å². The summed E-state index contributed by atoms with van der Waals surface area (Å²) < 4.78 is 10.8. The highest BCUT2D eigenvalue weighted by Crippen LogP contribution is 2.19. The molecule has 1 atom stereocenters. The Morgan fingerprint density at radius 2 is 2.20 bits per heavy atom. The summed E-state index contributed by atoms with van der Waals surface area (Å²) in [7, 11) is 0. The van der Waals surface area contributed by atoms with Crippen LogP contribution in [0.15, 0.2) is 0 Å². The zero-order valence-electron chi connectivity index (χ0n) is 9.71. The van der Waals surface area contributed by atoms with Gasteiger partial charge in [-0.25, -0.2) is 0 Å². The first-order valence-corrected chi connectivity index (χ1v) is 5.98. The van der Waals surface area contributed by atoms with Crippen LogP contribution in [0.2, 0.25) is 0 Å². The molecule has 1 unspecified atom stereocenters. The van der Waals surface area contributed by atoms with Crippen molar-refractivity contribution in [2.45, 2.75) is 38.6 Å². The maximum atomic E-state index is 5.51. The maximum Gasteiger partial charge on any atom is 0.0633 e. The highest BCUT2D eigenvalue weighted by atomic mass is 16.5. The lowest BCUT2D eigenvalue weighted by atomic mass is 9.93. The van der Waals surface area contributed by atoms with Gasteiger partial charge in [-0.05, 0) is 31.6 Å². The quantitative estimate of drug-likeness (QED) is 0.379. The second-order valence-electron chi connectivity index (χ2n) is 4.23. The standard InChI is InChI=1S/C11H24N2O2/c1-2-5-15-9-11(13-12)8-10-3-6-14-7-4-10/h10-11,13H,2-9,12H2,1H3. The average Bonchev–Trinajstić information content (AvgIpc) is 2.29. The predicted molar refractivity (Wildman–Crippen MR) is 60.4 cm³/mol. The Morgan fingerprint density at radius 3 is 2.80 bits per heavy atom. The second kappa shape index (κ2) is 8.05. The van der Waals surface area contributed by atoms with Crippen LogP contribution >= 0.6 is 0 Å². The number of nitrogens with one attached hydrogen (secondary N) is 1. The lowest BCUT2D eigenvalue weighted by Gasteiger charge is -2.26. The Hall–Kier alpha value is -0.160. The van der Waals surface area contributed by atoms with E-state index in [-0.39, 0.29) is 0 Å². The van der Waals surface area contributed by atoms with E-state index in [1.54, 1.807) is 0 Å². The van der Waals surface area contributed by atoms with Gasteiger partial charge in [-0.3, -0.25) is 11.3 Å². The molecule has 1 aliphatic heterocycles. The SMILES string of the molecule is CCCOCC(CC1CCOCC1)NN. The highest BCUT2D eigenvalue weighted by molar-refractivity contribution is 4.71. The van der Waals surface area contributed by atoms with Crippen LogP contribution in [0.1, 0.15) is 32.6 Å². The van der Waals surface area contributed by atoms with Crippen molar-refractivity contribution >= 4 is 0 Å². The molecule has 1 fully saturated rings. The molecule has 0 aromatic heterocycles. The minimum absolute atomic E-state index is 0.291. The fourth-order valence-corrected chi connectivity index (χ4v) is 1.94. The largest absolute Gasteiger partial charge is 0.381 e. The Balaban J connectivity index is 2.13. The molecule has 1 rings (SSSR count). The molecule has 4 heteroatoms. The summed E-state index contributed by atoms with van der Waals surface area (Å²) in [4.78, 5) is 0. The van der Waals surface area contributed by atoms with Gasteiger partial charge in [0.15, 0.2) is 0 Å². The van der Waals surface area contributed by atoms with Crippen molar-refractivity contribution in [3.8, 4) is 0 Å². The van der Waals surface area contributed by atoms with E-state index in [9.17, 15) is 0 Å². The second-order valence-corrected chi connectivity index (χ2v) is 4.23. The van der Waals surface area contributed by atoms with Crippen LogP contribution in [0.4, 0.5) is 0 Å². The molecule has 0 radical (unpaired) electrons. The van der Waals surface area contributed by atoms with Crippen LogP contribution in [0.25, 0.3) is 0 Å². The van der Waals surface area contributed by atoms with Gasteiger partial charge in [0.2, 0.25) is 0 Å². The number of rotatable bonds is 7. The first-order valence-electron chi connectivity index (χ1n) is 5.98. The molecule has 3 N–H and O–H groups in total. The zero-order valence-corrected chi connectivity index (χ0v) is 9.71. The van der Waals surface area contributed by atoms with Gasteiger partial charge in [-0.1, -0.05) is 6.92 Å². The third-order valence-electron chi connectivity index (χ3n) is 2.86. The Bertz CT molecular complexity index is 150. The summed E-state index contributed by atoms with van der Waals surface area (Å²) in [5.41, 5.74) is 2.84. The van der Waals surface area contributed by atoms with Gasteiger partial charge in [0.05, 0.1) is 6.61 Å². The van der Waals surface area contributed by atoms with Crippen LogP contribution in [0.3, 0.4) is 0 Å². The van der Waals surface area contributed by atoms with Crippen molar-refractivity contribution in [1.82, 2.24) is 5.43 Å². The molecule has 0 spiro atoms. The van der Waals surface area contributed by atoms with E-state index in [2.05, 4.69) is 12.3 Å². The van der Waals surface area contributed by atoms with Crippen LogP contribution < -0.4 is 11.3 Å². The molecule has 0 bridgehead atoms. The van der Waals surface area contributed by atoms with Gasteiger partial charge in [-0.2, -0.15) is 0 Å². The molecule has 90 valence electrons. The number of hydrogen-bond acceptors (Lipinski definition) is 4. The van der Waals surface area contributed by atoms with E-state index in [1.165, 1.54) is 0 Å². The van der Waals surface area contributed by atoms with E-state index < -0.39 is 0 Å². The first kappa shape index (κ1) is 12.9. The molecule has 0 saturated carbocycles. The normalized spacial score (nSPS) is 20.4. The van der Waals surface area contributed by atoms with Gasteiger partial charge in [0.1, 0.15) is 0 Å². The molecule has 4 nitrogen and oxygen atoms in total. The number of hydrazine groups is 1. The number of nitrogens with two attached hydrogens (primary N) is 1. The van der Waals surface area contributed by atoms with Crippen LogP contribution in [0.5, 0.6) is 0 Å². The topological polar surface area (TPSA) is 56.5 Å². The van der Waals surface area contributed by atoms with Gasteiger partial charge in [0, 0.05) is 25.9 Å². The maximum absolute atomic E-state index is 5.51. The van der Waals surface area contributed by atoms with Crippen LogP contribution in [0, 0.1) is 5.92 Å². The smallest absolute Gasteiger partial charge is 0.0633 e. The lowest BCUT2D eigenvalue weighted by Crippen LogP contribution is -2.40. The summed E-state index contributed by atoms with van der Waals surface area (Å²) in [6, 6.07) is 0.291. The Morgan fingerprint density at radius 1 is 1.47 bits per heavy atom. The molecule has 0 aromatic carbocycles. The van der Waals surface area contributed by atoms with E-state index in [0.717, 1.165) is 58.0 Å². The summed E-state index contributed by atoms with van der Waals surface area (Å²) in [6.45, 7) is 5.46. The summed E-state index contributed by atoms with van der Waals surface area (Å²) in [6.07, 6.45) is 4.48. The molecule has 1 aliphatic rings. The van der Waals surface area contributed by atoms with Gasteiger partial charge in [-0.15, -0.1) is 0 Å². The molecular formula is C11H24N2O2. The van der Waals surface area contributed by atoms with E-state index >= 15 is 0 Å². The molecule has 0 aromatic rings. The molecule has 1 saturated heterocycles. The molecule has 0 aliphatic carbocycles. The summed E-state index contributed by atoms with van der Waals surface area (Å²) in [5.74, 6) is 6.25. The Kier molecular flexibility index (Phi) is 6.92. The van der Waals surface area contributed by atoms with Crippen LogP contribution in [-0.4, -0.2) is 32.5 Å². The van der Waals surface area contributed by atoms with Gasteiger partial charge >= 0.3 is 0 Å². The molecular weight excluding hydrogens is 192 g/mol. The first-order chi connectivity index (χ1) is 7.36. The third-order valence-corrected chi connectivity index (χ3v) is 2.86. The van der Waals surface area contributed by atoms with Crippen molar-refractivity contribution in [1.29, 1.82) is 0 Å². The average molecular weight is 216 g/mol. The lowest BCUT2D eigenvalue weighted by molar-refractivity contribution is 0.0504. The van der Waals surface area contributed by atoms with Crippen molar-refractivity contribution in [2.24, 2.45) is 11.8 Å². The third kappa shape index (κ3) is 5.47. The zero-order chi connectivity index (χ0) is 10.9. The van der Waals surface area contributed by atoms with E-state index in [0.29, 0.717) is 6.04 Å². The van der Waals surface area contributed by atoms with E-state index in [1.807, 2.05) is 0 Å². The van der Waals surface area contributed by atoms with Crippen molar-refractivity contribution in [3.63, 3.8) is 0 Å². The minimum Gasteiger partial charge on any atom is -0.381 e. The predicted octanol–water partition coefficient (Wildman–Crippen LogP) is 1.06. The molecule has 0 amide bonds. The van der Waals surface area contributed by atoms with Gasteiger partial charge < -0.3 is 9.47 Å².